The van der Waals surface area contributed by atoms with Gasteiger partial charge in [-0.25, -0.2) is 19.9 Å². The van der Waals surface area contributed by atoms with Crippen molar-refractivity contribution in [1.29, 1.82) is 0 Å². The molecule has 0 atom stereocenters. The van der Waals surface area contributed by atoms with Crippen molar-refractivity contribution in [3.05, 3.63) is 41.6 Å². The summed E-state index contributed by atoms with van der Waals surface area (Å²) in [5.74, 6) is 0.469. The Morgan fingerprint density at radius 2 is 2.07 bits per heavy atom. The van der Waals surface area contributed by atoms with Crippen LogP contribution in [0.25, 0.3) is 11.6 Å². The highest BCUT2D eigenvalue weighted by Gasteiger charge is 2.34. The van der Waals surface area contributed by atoms with Crippen LogP contribution in [-0.2, 0) is 19.8 Å². The van der Waals surface area contributed by atoms with E-state index in [1.807, 2.05) is 0 Å². The van der Waals surface area contributed by atoms with Gasteiger partial charge in [0.15, 0.2) is 11.5 Å². The third kappa shape index (κ3) is 3.89. The van der Waals surface area contributed by atoms with Gasteiger partial charge in [0.25, 0.3) is 0 Å². The van der Waals surface area contributed by atoms with Gasteiger partial charge in [-0.15, -0.1) is 0 Å². The van der Waals surface area contributed by atoms with E-state index >= 15 is 0 Å². The van der Waals surface area contributed by atoms with Crippen LogP contribution in [-0.4, -0.2) is 29.5 Å². The number of thiocarbonyl (C=S) groups is 1. The van der Waals surface area contributed by atoms with E-state index < -0.39 is 11.9 Å². The van der Waals surface area contributed by atoms with E-state index in [9.17, 15) is 13.2 Å². The number of aromatic nitrogens is 5. The van der Waals surface area contributed by atoms with Gasteiger partial charge in [-0.2, -0.15) is 13.2 Å². The molecule has 0 fully saturated rings. The second-order valence-corrected chi connectivity index (χ2v) is 5.97. The summed E-state index contributed by atoms with van der Waals surface area (Å²) in [5.41, 5.74) is 6.02. The molecule has 142 valence electrons. The van der Waals surface area contributed by atoms with Gasteiger partial charge < -0.3 is 20.0 Å². The van der Waals surface area contributed by atoms with Crippen LogP contribution in [0.1, 0.15) is 22.9 Å². The number of alkyl halides is 3. The maximum absolute atomic E-state index is 12.7. The molecule has 0 saturated carbocycles. The molecule has 0 spiro atoms. The molecule has 3 aromatic rings. The average molecular weight is 397 g/mol. The van der Waals surface area contributed by atoms with E-state index in [0.29, 0.717) is 11.4 Å². The Morgan fingerprint density at radius 1 is 1.33 bits per heavy atom. The second kappa shape index (κ2) is 6.95. The summed E-state index contributed by atoms with van der Waals surface area (Å²) >= 11 is 5.24. The molecule has 0 unspecified atom stereocenters. The molecule has 3 rings (SSSR count). The van der Waals surface area contributed by atoms with Crippen molar-refractivity contribution in [2.24, 2.45) is 7.05 Å². The number of halogens is 3. The zero-order valence-corrected chi connectivity index (χ0v) is 15.0. The second-order valence-electron chi connectivity index (χ2n) is 5.56. The third-order valence-corrected chi connectivity index (χ3v) is 3.95. The van der Waals surface area contributed by atoms with E-state index in [1.54, 1.807) is 6.92 Å². The van der Waals surface area contributed by atoms with E-state index in [0.717, 1.165) is 6.20 Å². The van der Waals surface area contributed by atoms with Gasteiger partial charge in [-0.3, -0.25) is 0 Å². The van der Waals surface area contributed by atoms with Gasteiger partial charge in [-0.1, -0.05) is 12.2 Å². The highest BCUT2D eigenvalue weighted by Crippen LogP contribution is 2.28. The first kappa shape index (κ1) is 18.8. The average Bonchev–Trinajstić information content (AvgIpc) is 3.23. The molecule has 0 saturated heterocycles. The number of nitrogens with one attached hydrogen (secondary N) is 1. The smallest absolute Gasteiger partial charge is 0.434 e. The van der Waals surface area contributed by atoms with Gasteiger partial charge in [0, 0.05) is 13.2 Å². The first-order valence-corrected chi connectivity index (χ1v) is 7.99. The summed E-state index contributed by atoms with van der Waals surface area (Å²) in [6, 6.07) is 0. The molecule has 12 heteroatoms. The highest BCUT2D eigenvalue weighted by molar-refractivity contribution is 7.80. The van der Waals surface area contributed by atoms with Gasteiger partial charge in [0.2, 0.25) is 5.89 Å². The van der Waals surface area contributed by atoms with Gasteiger partial charge in [-0.05, 0) is 6.92 Å². The Bertz CT molecular complexity index is 982. The van der Waals surface area contributed by atoms with Crippen LogP contribution < -0.4 is 11.1 Å². The van der Waals surface area contributed by atoms with Crippen LogP contribution in [0, 0.1) is 6.92 Å². The third-order valence-electron chi connectivity index (χ3n) is 3.62. The van der Waals surface area contributed by atoms with Crippen molar-refractivity contribution < 1.29 is 17.6 Å². The zero-order chi connectivity index (χ0) is 19.8. The van der Waals surface area contributed by atoms with Crippen LogP contribution in [0.15, 0.2) is 23.1 Å². The number of rotatable bonds is 4. The SMILES string of the molecule is Cc1nc(C(=S)NCc2nc(C(F)(F)F)cn2C)c(N)nc1-c1ncco1. The van der Waals surface area contributed by atoms with Crippen LogP contribution >= 0.6 is 12.2 Å². The summed E-state index contributed by atoms with van der Waals surface area (Å²) < 4.78 is 44.6. The van der Waals surface area contributed by atoms with Crippen LogP contribution in [0.2, 0.25) is 0 Å². The van der Waals surface area contributed by atoms with Crippen molar-refractivity contribution in [2.45, 2.75) is 19.6 Å². The number of hydrogen-bond acceptors (Lipinski definition) is 7. The summed E-state index contributed by atoms with van der Waals surface area (Å²) in [6.45, 7) is 1.65. The molecule has 3 heterocycles. The number of hydrogen-bond donors (Lipinski definition) is 2. The summed E-state index contributed by atoms with van der Waals surface area (Å²) in [5, 5.41) is 2.80. The van der Waals surface area contributed by atoms with E-state index in [2.05, 4.69) is 25.3 Å². The number of nitrogens with two attached hydrogens (primary N) is 1. The molecular formula is C15H14F3N7OS. The molecule has 0 aliphatic rings. The normalized spacial score (nSPS) is 11.6. The van der Waals surface area contributed by atoms with Crippen LogP contribution in [0.5, 0.6) is 0 Å². The lowest BCUT2D eigenvalue weighted by atomic mass is 10.3. The van der Waals surface area contributed by atoms with Crippen molar-refractivity contribution in [3.63, 3.8) is 0 Å². The first-order valence-electron chi connectivity index (χ1n) is 7.58. The molecule has 0 aliphatic heterocycles. The largest absolute Gasteiger partial charge is 0.443 e. The Balaban J connectivity index is 1.77. The Labute approximate surface area is 156 Å². The van der Waals surface area contributed by atoms with E-state index in [4.69, 9.17) is 22.4 Å². The molecule has 0 bridgehead atoms. The fourth-order valence-electron chi connectivity index (χ4n) is 2.29. The summed E-state index contributed by atoms with van der Waals surface area (Å²) in [4.78, 5) is 16.2. The Hall–Kier alpha value is -3.02. The predicted molar refractivity (Wildman–Crippen MR) is 93.4 cm³/mol. The summed E-state index contributed by atoms with van der Waals surface area (Å²) in [7, 11) is 1.46. The molecule has 3 N–H and O–H groups in total. The zero-order valence-electron chi connectivity index (χ0n) is 14.2. The summed E-state index contributed by atoms with van der Waals surface area (Å²) in [6.07, 6.45) is -0.744. The number of imidazole rings is 1. The number of anilines is 1. The van der Waals surface area contributed by atoms with Crippen molar-refractivity contribution in [2.75, 3.05) is 5.73 Å². The molecule has 0 aromatic carbocycles. The topological polar surface area (TPSA) is 108 Å². The number of nitrogen functional groups attached to an aromatic ring is 1. The van der Waals surface area contributed by atoms with Crippen LogP contribution in [0.3, 0.4) is 0 Å². The molecule has 3 aromatic heterocycles. The fraction of sp³-hybridized carbons (Fsp3) is 0.267. The molecule has 27 heavy (non-hydrogen) atoms. The first-order chi connectivity index (χ1) is 12.7. The van der Waals surface area contributed by atoms with Gasteiger partial charge >= 0.3 is 6.18 Å². The minimum atomic E-state index is -4.51. The highest BCUT2D eigenvalue weighted by atomic mass is 32.1. The molecule has 0 amide bonds. The van der Waals surface area contributed by atoms with Gasteiger partial charge in [0.05, 0.1) is 18.4 Å². The Kier molecular flexibility index (Phi) is 4.83. The monoisotopic (exact) mass is 397 g/mol. The number of oxazole rings is 1. The van der Waals surface area contributed by atoms with Crippen molar-refractivity contribution >= 4 is 23.0 Å². The molecule has 0 aliphatic carbocycles. The minimum Gasteiger partial charge on any atom is -0.443 e. The van der Waals surface area contributed by atoms with Crippen LogP contribution in [0.4, 0.5) is 19.0 Å². The lowest BCUT2D eigenvalue weighted by molar-refractivity contribution is -0.141. The van der Waals surface area contributed by atoms with E-state index in [-0.39, 0.29) is 34.8 Å². The molecule has 0 radical (unpaired) electrons. The lowest BCUT2D eigenvalue weighted by Crippen LogP contribution is -2.26. The Morgan fingerprint density at radius 3 is 2.67 bits per heavy atom. The maximum atomic E-state index is 12.7. The fourth-order valence-corrected chi connectivity index (χ4v) is 2.51. The number of aryl methyl sites for hydroxylation is 2. The predicted octanol–water partition coefficient (Wildman–Crippen LogP) is 2.24. The maximum Gasteiger partial charge on any atom is 0.434 e. The van der Waals surface area contributed by atoms with Gasteiger partial charge in [0.1, 0.15) is 28.5 Å². The standard InChI is InChI=1S/C15H14F3N7OS/c1-7-10(13-20-3-4-26-13)24-12(19)11(22-7)14(27)21-5-9-23-8(6-25(9)2)15(16,17)18/h3-4,6H,5H2,1-2H3,(H2,19,24)(H,21,27). The molecular weight excluding hydrogens is 383 g/mol. The van der Waals surface area contributed by atoms with E-state index in [1.165, 1.54) is 24.1 Å². The quantitative estimate of drug-likeness (QED) is 0.646. The minimum absolute atomic E-state index is 0.0347. The number of nitrogens with zero attached hydrogens (tertiary/aromatic N) is 5. The lowest BCUT2D eigenvalue weighted by Gasteiger charge is -2.11. The van der Waals surface area contributed by atoms with Crippen molar-refractivity contribution in [1.82, 2.24) is 29.8 Å². The van der Waals surface area contributed by atoms with Crippen molar-refractivity contribution in [3.8, 4) is 11.6 Å². The molecule has 8 nitrogen and oxygen atoms in total.